The summed E-state index contributed by atoms with van der Waals surface area (Å²) in [6, 6.07) is 7.45. The van der Waals surface area contributed by atoms with Crippen molar-refractivity contribution in [2.24, 2.45) is 5.92 Å². The highest BCUT2D eigenvalue weighted by Gasteiger charge is 2.03. The highest BCUT2D eigenvalue weighted by atomic mass is 16.3. The van der Waals surface area contributed by atoms with E-state index in [0.717, 1.165) is 17.8 Å². The molecule has 0 saturated carbocycles. The Morgan fingerprint density at radius 2 is 2.00 bits per heavy atom. The first-order chi connectivity index (χ1) is 7.67. The van der Waals surface area contributed by atoms with Crippen molar-refractivity contribution in [3.05, 3.63) is 29.8 Å². The van der Waals surface area contributed by atoms with Gasteiger partial charge in [0.1, 0.15) is 0 Å². The molecule has 0 radical (unpaired) electrons. The van der Waals surface area contributed by atoms with Crippen molar-refractivity contribution in [1.29, 1.82) is 0 Å². The second kappa shape index (κ2) is 6.28. The van der Waals surface area contributed by atoms with Crippen LogP contribution in [0.3, 0.4) is 0 Å². The molecule has 1 aromatic carbocycles. The van der Waals surface area contributed by atoms with Crippen molar-refractivity contribution in [1.82, 2.24) is 0 Å². The summed E-state index contributed by atoms with van der Waals surface area (Å²) in [7, 11) is 0. The van der Waals surface area contributed by atoms with Gasteiger partial charge in [-0.15, -0.1) is 0 Å². The van der Waals surface area contributed by atoms with Gasteiger partial charge in [-0.25, -0.2) is 0 Å². The quantitative estimate of drug-likeness (QED) is 0.725. The van der Waals surface area contributed by atoms with Crippen LogP contribution in [0.1, 0.15) is 30.6 Å². The first kappa shape index (κ1) is 12.7. The maximum atomic E-state index is 11.4. The summed E-state index contributed by atoms with van der Waals surface area (Å²) in [5, 5.41) is 12.1. The average Bonchev–Trinajstić information content (AvgIpc) is 2.35. The van der Waals surface area contributed by atoms with Crippen molar-refractivity contribution in [3.8, 4) is 0 Å². The molecule has 0 amide bonds. The molecule has 0 aliphatic carbocycles. The van der Waals surface area contributed by atoms with E-state index < -0.39 is 0 Å². The summed E-state index contributed by atoms with van der Waals surface area (Å²) < 4.78 is 0. The van der Waals surface area contributed by atoms with Crippen LogP contribution in [0.2, 0.25) is 0 Å². The SMILES string of the molecule is CCC(=O)c1ccc(NCC(C)CO)cc1. The molecule has 1 atom stereocenters. The number of carbonyl (C=O) groups excluding carboxylic acids is 1. The van der Waals surface area contributed by atoms with E-state index in [1.54, 1.807) is 0 Å². The summed E-state index contributed by atoms with van der Waals surface area (Å²) in [4.78, 5) is 11.4. The van der Waals surface area contributed by atoms with Crippen molar-refractivity contribution in [2.45, 2.75) is 20.3 Å². The molecule has 0 aliphatic heterocycles. The van der Waals surface area contributed by atoms with Crippen LogP contribution in [0.15, 0.2) is 24.3 Å². The summed E-state index contributed by atoms with van der Waals surface area (Å²) >= 11 is 0. The van der Waals surface area contributed by atoms with Gasteiger partial charge in [0.05, 0.1) is 0 Å². The third-order valence-electron chi connectivity index (χ3n) is 2.49. The topological polar surface area (TPSA) is 49.3 Å². The van der Waals surface area contributed by atoms with Gasteiger partial charge in [0.2, 0.25) is 0 Å². The average molecular weight is 221 g/mol. The summed E-state index contributed by atoms with van der Waals surface area (Å²) in [6.07, 6.45) is 0.536. The second-order valence-corrected chi connectivity index (χ2v) is 4.02. The number of Topliss-reactive ketones (excluding diaryl/α,β-unsaturated/α-hetero) is 1. The molecule has 1 unspecified atom stereocenters. The van der Waals surface area contributed by atoms with E-state index in [2.05, 4.69) is 5.32 Å². The number of ketones is 1. The fourth-order valence-electron chi connectivity index (χ4n) is 1.33. The minimum atomic E-state index is 0.162. The maximum Gasteiger partial charge on any atom is 0.162 e. The molecule has 0 fully saturated rings. The van der Waals surface area contributed by atoms with E-state index in [-0.39, 0.29) is 18.3 Å². The molecule has 0 spiro atoms. The Morgan fingerprint density at radius 3 is 2.50 bits per heavy atom. The lowest BCUT2D eigenvalue weighted by atomic mass is 10.1. The maximum absolute atomic E-state index is 11.4. The number of aliphatic hydroxyl groups is 1. The van der Waals surface area contributed by atoms with Gasteiger partial charge in [-0.3, -0.25) is 4.79 Å². The van der Waals surface area contributed by atoms with Gasteiger partial charge in [0.25, 0.3) is 0 Å². The predicted octanol–water partition coefficient (Wildman–Crippen LogP) is 2.32. The van der Waals surface area contributed by atoms with E-state index in [0.29, 0.717) is 6.42 Å². The van der Waals surface area contributed by atoms with Crippen LogP contribution in [0, 0.1) is 5.92 Å². The Kier molecular flexibility index (Phi) is 4.99. The molecular formula is C13H19NO2. The molecular weight excluding hydrogens is 202 g/mol. The number of hydrogen-bond acceptors (Lipinski definition) is 3. The molecule has 1 aromatic rings. The molecule has 88 valence electrons. The van der Waals surface area contributed by atoms with Crippen LogP contribution in [0.4, 0.5) is 5.69 Å². The molecule has 16 heavy (non-hydrogen) atoms. The van der Waals surface area contributed by atoms with Crippen molar-refractivity contribution in [3.63, 3.8) is 0 Å². The van der Waals surface area contributed by atoms with Crippen LogP contribution in [-0.2, 0) is 0 Å². The van der Waals surface area contributed by atoms with Gasteiger partial charge in [-0.05, 0) is 30.2 Å². The smallest absolute Gasteiger partial charge is 0.162 e. The van der Waals surface area contributed by atoms with Crippen molar-refractivity contribution < 1.29 is 9.90 Å². The second-order valence-electron chi connectivity index (χ2n) is 4.02. The number of rotatable bonds is 6. The van der Waals surface area contributed by atoms with Gasteiger partial charge in [-0.1, -0.05) is 13.8 Å². The van der Waals surface area contributed by atoms with E-state index in [4.69, 9.17) is 5.11 Å². The van der Waals surface area contributed by atoms with E-state index in [1.807, 2.05) is 38.1 Å². The normalized spacial score (nSPS) is 12.2. The highest BCUT2D eigenvalue weighted by molar-refractivity contribution is 5.96. The number of anilines is 1. The molecule has 3 heteroatoms. The fourth-order valence-corrected chi connectivity index (χ4v) is 1.33. The summed E-state index contributed by atoms with van der Waals surface area (Å²) in [5.41, 5.74) is 1.73. The van der Waals surface area contributed by atoms with Crippen LogP contribution in [0.5, 0.6) is 0 Å². The number of carbonyl (C=O) groups is 1. The standard InChI is InChI=1S/C13H19NO2/c1-3-13(16)11-4-6-12(7-5-11)14-8-10(2)9-15/h4-7,10,14-15H,3,8-9H2,1-2H3. The van der Waals surface area contributed by atoms with Gasteiger partial charge in [0.15, 0.2) is 5.78 Å². The first-order valence-corrected chi connectivity index (χ1v) is 5.65. The number of aliphatic hydroxyl groups excluding tert-OH is 1. The third-order valence-corrected chi connectivity index (χ3v) is 2.49. The Bertz CT molecular complexity index is 332. The Balaban J connectivity index is 2.54. The molecule has 0 saturated heterocycles. The largest absolute Gasteiger partial charge is 0.396 e. The van der Waals surface area contributed by atoms with Crippen LogP contribution >= 0.6 is 0 Å². The first-order valence-electron chi connectivity index (χ1n) is 5.65. The highest BCUT2D eigenvalue weighted by Crippen LogP contribution is 2.11. The lowest BCUT2D eigenvalue weighted by Gasteiger charge is -2.10. The Hall–Kier alpha value is -1.35. The number of hydrogen-bond donors (Lipinski definition) is 2. The van der Waals surface area contributed by atoms with Crippen LogP contribution in [-0.4, -0.2) is 24.0 Å². The van der Waals surface area contributed by atoms with Crippen molar-refractivity contribution >= 4 is 11.5 Å². The molecule has 2 N–H and O–H groups in total. The van der Waals surface area contributed by atoms with E-state index in [9.17, 15) is 4.79 Å². The Labute approximate surface area is 96.5 Å². The zero-order chi connectivity index (χ0) is 12.0. The molecule has 0 aliphatic rings. The van der Waals surface area contributed by atoms with Gasteiger partial charge in [0, 0.05) is 30.8 Å². The minimum Gasteiger partial charge on any atom is -0.396 e. The predicted molar refractivity (Wildman–Crippen MR) is 65.8 cm³/mol. The zero-order valence-electron chi connectivity index (χ0n) is 9.86. The molecule has 1 rings (SSSR count). The van der Waals surface area contributed by atoms with Gasteiger partial charge >= 0.3 is 0 Å². The molecule has 3 nitrogen and oxygen atoms in total. The van der Waals surface area contributed by atoms with Crippen LogP contribution < -0.4 is 5.32 Å². The molecule has 0 heterocycles. The van der Waals surface area contributed by atoms with E-state index in [1.165, 1.54) is 0 Å². The Morgan fingerprint density at radius 1 is 1.38 bits per heavy atom. The van der Waals surface area contributed by atoms with Crippen LogP contribution in [0.25, 0.3) is 0 Å². The minimum absolute atomic E-state index is 0.162. The number of benzene rings is 1. The molecule has 0 bridgehead atoms. The fraction of sp³-hybridized carbons (Fsp3) is 0.462. The van der Waals surface area contributed by atoms with Gasteiger partial charge in [-0.2, -0.15) is 0 Å². The third kappa shape index (κ3) is 3.66. The lowest BCUT2D eigenvalue weighted by molar-refractivity contribution is 0.0988. The number of nitrogens with one attached hydrogen (secondary N) is 1. The summed E-state index contributed by atoms with van der Waals surface area (Å²) in [5.74, 6) is 0.396. The molecule has 0 aromatic heterocycles. The van der Waals surface area contributed by atoms with Gasteiger partial charge < -0.3 is 10.4 Å². The van der Waals surface area contributed by atoms with Crippen molar-refractivity contribution in [2.75, 3.05) is 18.5 Å². The summed E-state index contributed by atoms with van der Waals surface area (Å²) in [6.45, 7) is 4.75. The van der Waals surface area contributed by atoms with E-state index >= 15 is 0 Å². The zero-order valence-corrected chi connectivity index (χ0v) is 9.86. The lowest BCUT2D eigenvalue weighted by Crippen LogP contribution is -2.14. The monoisotopic (exact) mass is 221 g/mol.